The molecular weight excluding hydrogens is 593 g/mol. The summed E-state index contributed by atoms with van der Waals surface area (Å²) in [4.78, 5) is 30.5. The van der Waals surface area contributed by atoms with Gasteiger partial charge in [-0.3, -0.25) is 9.59 Å². The normalized spacial score (nSPS) is 20.1. The number of carbonyl (C=O) groups excluding carboxylic acids is 2. The van der Waals surface area contributed by atoms with Crippen molar-refractivity contribution in [2.45, 2.75) is 72.3 Å². The van der Waals surface area contributed by atoms with Gasteiger partial charge in [0.05, 0.1) is 10.0 Å². The molecule has 0 spiro atoms. The molecule has 0 atom stereocenters. The number of rotatable bonds is 8. The highest BCUT2D eigenvalue weighted by Gasteiger charge is 2.49. The van der Waals surface area contributed by atoms with Gasteiger partial charge in [0, 0.05) is 72.1 Å². The molecule has 0 bridgehead atoms. The summed E-state index contributed by atoms with van der Waals surface area (Å²) < 4.78 is 11.8. The van der Waals surface area contributed by atoms with Crippen LogP contribution in [-0.4, -0.2) is 36.7 Å². The van der Waals surface area contributed by atoms with E-state index in [4.69, 9.17) is 44.3 Å². The van der Waals surface area contributed by atoms with Crippen molar-refractivity contribution in [1.29, 1.82) is 0 Å². The predicted molar refractivity (Wildman–Crippen MR) is 168 cm³/mol. The summed E-state index contributed by atoms with van der Waals surface area (Å²) in [6.07, 6.45) is 3.09. The highest BCUT2D eigenvalue weighted by atomic mass is 35.5. The van der Waals surface area contributed by atoms with Gasteiger partial charge in [0.1, 0.15) is 12.4 Å². The monoisotopic (exact) mass is 629 g/mol. The topological polar surface area (TPSA) is 55.8 Å². The molecule has 2 aromatic rings. The lowest BCUT2D eigenvalue weighted by atomic mass is 9.63. The van der Waals surface area contributed by atoms with E-state index in [0.29, 0.717) is 58.0 Å². The van der Waals surface area contributed by atoms with E-state index in [-0.39, 0.29) is 29.0 Å². The molecule has 0 saturated heterocycles. The van der Waals surface area contributed by atoms with E-state index in [0.717, 1.165) is 41.8 Å². The van der Waals surface area contributed by atoms with Gasteiger partial charge in [-0.15, -0.1) is 0 Å². The Kier molecular flexibility index (Phi) is 8.89. The van der Waals surface area contributed by atoms with Crippen molar-refractivity contribution in [1.82, 2.24) is 4.90 Å². The number of hydrogen-bond acceptors (Lipinski definition) is 5. The number of halogens is 3. The van der Waals surface area contributed by atoms with Crippen LogP contribution in [0.1, 0.15) is 76.8 Å². The Morgan fingerprint density at radius 3 is 2.02 bits per heavy atom. The lowest BCUT2D eigenvalue weighted by molar-refractivity contribution is -0.119. The van der Waals surface area contributed by atoms with Gasteiger partial charge < -0.3 is 14.4 Å². The average Bonchev–Trinajstić information content (AvgIpc) is 2.89. The Hall–Kier alpha value is -2.31. The third-order valence-corrected chi connectivity index (χ3v) is 9.39. The van der Waals surface area contributed by atoms with Gasteiger partial charge >= 0.3 is 0 Å². The fourth-order valence-electron chi connectivity index (χ4n) is 6.66. The summed E-state index contributed by atoms with van der Waals surface area (Å²) in [5.74, 6) is 0.172. The van der Waals surface area contributed by atoms with E-state index in [9.17, 15) is 9.59 Å². The maximum Gasteiger partial charge on any atom is 0.162 e. The Morgan fingerprint density at radius 2 is 1.45 bits per heavy atom. The van der Waals surface area contributed by atoms with Gasteiger partial charge in [-0.2, -0.15) is 0 Å². The largest absolute Gasteiger partial charge is 0.489 e. The van der Waals surface area contributed by atoms with E-state index in [1.807, 2.05) is 18.2 Å². The first kappa shape index (κ1) is 31.1. The maximum absolute atomic E-state index is 14.1. The second kappa shape index (κ2) is 12.0. The zero-order chi connectivity index (χ0) is 30.4. The summed E-state index contributed by atoms with van der Waals surface area (Å²) in [5.41, 5.74) is 4.60. The molecule has 5 nitrogen and oxygen atoms in total. The van der Waals surface area contributed by atoms with Crippen molar-refractivity contribution in [3.8, 4) is 5.75 Å². The Morgan fingerprint density at radius 1 is 0.833 bits per heavy atom. The standard InChI is InChI=1S/C34H38Cl3NO4/c1-33(2)15-25-31(27(39)17-33)30(32-26(38(25)11-6-12-41-5)16-34(3,4)18-28(32)40)22-14-21(35)8-10-29(22)42-19-20-7-9-23(36)24(37)13-20/h7-10,13-14,30H,6,11-12,15-19H2,1-5H3. The number of methoxy groups -OCH3 is 1. The summed E-state index contributed by atoms with van der Waals surface area (Å²) in [6, 6.07) is 10.8. The van der Waals surface area contributed by atoms with Crippen molar-refractivity contribution in [3.05, 3.63) is 85.1 Å². The molecule has 0 radical (unpaired) electrons. The van der Waals surface area contributed by atoms with Crippen molar-refractivity contribution in [2.24, 2.45) is 10.8 Å². The highest BCUT2D eigenvalue weighted by molar-refractivity contribution is 6.42. The van der Waals surface area contributed by atoms with Crippen LogP contribution in [0.25, 0.3) is 0 Å². The van der Waals surface area contributed by atoms with Crippen molar-refractivity contribution >= 4 is 46.4 Å². The Bertz CT molecular complexity index is 1440. The number of carbonyl (C=O) groups is 2. The first-order valence-corrected chi connectivity index (χ1v) is 15.6. The molecule has 0 N–H and O–H groups in total. The molecular formula is C34H38Cl3NO4. The van der Waals surface area contributed by atoms with Crippen LogP contribution in [0.4, 0.5) is 0 Å². The lowest BCUT2D eigenvalue weighted by Gasteiger charge is -2.49. The minimum absolute atomic E-state index is 0.0718. The second-order valence-electron chi connectivity index (χ2n) is 13.3. The van der Waals surface area contributed by atoms with Gasteiger partial charge in [-0.05, 0) is 66.0 Å². The number of benzene rings is 2. The van der Waals surface area contributed by atoms with Crippen molar-refractivity contribution in [2.75, 3.05) is 20.3 Å². The van der Waals surface area contributed by atoms with Gasteiger partial charge in [0.25, 0.3) is 0 Å². The second-order valence-corrected chi connectivity index (χ2v) is 14.5. The van der Waals surface area contributed by atoms with Crippen molar-refractivity contribution < 1.29 is 19.1 Å². The fraction of sp³-hybridized carbons (Fsp3) is 0.471. The van der Waals surface area contributed by atoms with Crippen LogP contribution >= 0.6 is 34.8 Å². The molecule has 0 saturated carbocycles. The maximum atomic E-state index is 14.1. The fourth-order valence-corrected chi connectivity index (χ4v) is 7.16. The van der Waals surface area contributed by atoms with Crippen molar-refractivity contribution in [3.63, 3.8) is 0 Å². The summed E-state index contributed by atoms with van der Waals surface area (Å²) in [7, 11) is 1.70. The van der Waals surface area contributed by atoms with Crippen LogP contribution in [0.15, 0.2) is 58.9 Å². The first-order valence-electron chi connectivity index (χ1n) is 14.5. The Balaban J connectivity index is 1.68. The van der Waals surface area contributed by atoms with E-state index >= 15 is 0 Å². The predicted octanol–water partition coefficient (Wildman–Crippen LogP) is 8.95. The van der Waals surface area contributed by atoms with Crippen LogP contribution in [0.3, 0.4) is 0 Å². The van der Waals surface area contributed by atoms with Crippen LogP contribution in [0.2, 0.25) is 15.1 Å². The third-order valence-electron chi connectivity index (χ3n) is 8.41. The SMILES string of the molecule is COCCCN1C2=C(C(=O)CC(C)(C)C2)C(c2cc(Cl)ccc2OCc2ccc(Cl)c(Cl)c2)C2=C1CC(C)(C)CC2=O. The summed E-state index contributed by atoms with van der Waals surface area (Å²) in [5, 5.41) is 1.44. The molecule has 1 heterocycles. The van der Waals surface area contributed by atoms with E-state index in [2.05, 4.69) is 32.6 Å². The molecule has 0 amide bonds. The van der Waals surface area contributed by atoms with Gasteiger partial charge in [-0.25, -0.2) is 0 Å². The smallest absolute Gasteiger partial charge is 0.162 e. The van der Waals surface area contributed by atoms with Gasteiger partial charge in [-0.1, -0.05) is 68.6 Å². The first-order chi connectivity index (χ1) is 19.8. The number of nitrogens with zero attached hydrogens (tertiary/aromatic N) is 1. The molecule has 0 fully saturated rings. The average molecular weight is 631 g/mol. The molecule has 2 aromatic carbocycles. The number of Topliss-reactive ketones (excluding diaryl/α,β-unsaturated/α-hetero) is 2. The van der Waals surface area contributed by atoms with Gasteiger partial charge in [0.2, 0.25) is 0 Å². The summed E-state index contributed by atoms with van der Waals surface area (Å²) in [6.45, 7) is 10.1. The van der Waals surface area contributed by atoms with Crippen LogP contribution in [0, 0.1) is 10.8 Å². The minimum atomic E-state index is -0.552. The molecule has 5 rings (SSSR count). The number of ketones is 2. The number of ether oxygens (including phenoxy) is 2. The molecule has 224 valence electrons. The molecule has 2 aliphatic carbocycles. The quantitative estimate of drug-likeness (QED) is 0.273. The van der Waals surface area contributed by atoms with Gasteiger partial charge in [0.15, 0.2) is 11.6 Å². The van der Waals surface area contributed by atoms with Crippen LogP contribution in [-0.2, 0) is 20.9 Å². The molecule has 42 heavy (non-hydrogen) atoms. The molecule has 0 aromatic heterocycles. The lowest BCUT2D eigenvalue weighted by Crippen LogP contribution is -2.44. The van der Waals surface area contributed by atoms with E-state index in [1.165, 1.54) is 0 Å². The van der Waals surface area contributed by atoms with E-state index in [1.54, 1.807) is 25.3 Å². The number of allylic oxidation sites excluding steroid dienone is 4. The molecule has 1 aliphatic heterocycles. The zero-order valence-electron chi connectivity index (χ0n) is 24.9. The van der Waals surface area contributed by atoms with E-state index < -0.39 is 5.92 Å². The minimum Gasteiger partial charge on any atom is -0.489 e. The molecule has 0 unspecified atom stereocenters. The summed E-state index contributed by atoms with van der Waals surface area (Å²) >= 11 is 19.0. The molecule has 8 heteroatoms. The van der Waals surface area contributed by atoms with Crippen LogP contribution < -0.4 is 4.74 Å². The Labute approximate surface area is 263 Å². The van der Waals surface area contributed by atoms with Crippen LogP contribution in [0.5, 0.6) is 5.75 Å². The highest BCUT2D eigenvalue weighted by Crippen LogP contribution is 2.55. The third kappa shape index (κ3) is 6.31. The zero-order valence-corrected chi connectivity index (χ0v) is 27.2. The number of hydrogen-bond donors (Lipinski definition) is 0. The molecule has 3 aliphatic rings.